The maximum atomic E-state index is 5.04. The van der Waals surface area contributed by atoms with Crippen molar-refractivity contribution in [2.24, 2.45) is 10.4 Å². The molecule has 2 heteroatoms. The number of ether oxygens (including phenoxy) is 1. The lowest BCUT2D eigenvalue weighted by atomic mass is 9.97. The van der Waals surface area contributed by atoms with E-state index in [1.807, 2.05) is 6.92 Å². The largest absolute Gasteiger partial charge is 0.484 e. The molecule has 66 valence electrons. The fraction of sp³-hybridized carbons (Fsp3) is 0.889. The van der Waals surface area contributed by atoms with Gasteiger partial charge in [-0.15, -0.1) is 0 Å². The Labute approximate surface area is 69.7 Å². The van der Waals surface area contributed by atoms with Gasteiger partial charge in [-0.05, 0) is 5.41 Å². The average molecular weight is 157 g/mol. The number of hydrogen-bond donors (Lipinski definition) is 0. The average Bonchev–Trinajstić information content (AvgIpc) is 1.88. The summed E-state index contributed by atoms with van der Waals surface area (Å²) in [7, 11) is 1.67. The van der Waals surface area contributed by atoms with Gasteiger partial charge in [0.25, 0.3) is 0 Å². The standard InChI is InChI=1S/C9H19NO/c1-6-8(11-5)10-7-9(2,3)4/h6-7H2,1-5H3. The third-order valence-corrected chi connectivity index (χ3v) is 1.27. The van der Waals surface area contributed by atoms with Gasteiger partial charge in [0.15, 0.2) is 5.90 Å². The number of methoxy groups -OCH3 is 1. The molecule has 0 bridgehead atoms. The zero-order chi connectivity index (χ0) is 8.91. The fourth-order valence-corrected chi connectivity index (χ4v) is 0.646. The van der Waals surface area contributed by atoms with Gasteiger partial charge in [0.2, 0.25) is 0 Å². The molecule has 11 heavy (non-hydrogen) atoms. The lowest BCUT2D eigenvalue weighted by Gasteiger charge is -2.14. The van der Waals surface area contributed by atoms with Crippen molar-refractivity contribution in [3.63, 3.8) is 0 Å². The van der Waals surface area contributed by atoms with Gasteiger partial charge in [0.1, 0.15) is 0 Å². The second-order valence-electron chi connectivity index (χ2n) is 3.83. The van der Waals surface area contributed by atoms with Gasteiger partial charge >= 0.3 is 0 Å². The maximum Gasteiger partial charge on any atom is 0.182 e. The lowest BCUT2D eigenvalue weighted by Crippen LogP contribution is -2.12. The summed E-state index contributed by atoms with van der Waals surface area (Å²) in [5.41, 5.74) is 0.263. The van der Waals surface area contributed by atoms with Crippen molar-refractivity contribution in [3.05, 3.63) is 0 Å². The molecule has 0 aromatic heterocycles. The highest BCUT2D eigenvalue weighted by atomic mass is 16.5. The molecule has 0 unspecified atom stereocenters. The minimum atomic E-state index is 0.263. The third kappa shape index (κ3) is 5.89. The second kappa shape index (κ2) is 4.37. The third-order valence-electron chi connectivity index (χ3n) is 1.27. The van der Waals surface area contributed by atoms with Crippen LogP contribution in [-0.4, -0.2) is 19.6 Å². The van der Waals surface area contributed by atoms with E-state index in [0.29, 0.717) is 0 Å². The van der Waals surface area contributed by atoms with E-state index in [-0.39, 0.29) is 5.41 Å². The number of aliphatic imine (C=N–C) groups is 1. The molecule has 0 N–H and O–H groups in total. The van der Waals surface area contributed by atoms with E-state index < -0.39 is 0 Å². The first-order valence-corrected chi connectivity index (χ1v) is 4.07. The monoisotopic (exact) mass is 157 g/mol. The smallest absolute Gasteiger partial charge is 0.182 e. The fourth-order valence-electron chi connectivity index (χ4n) is 0.646. The molecule has 0 atom stereocenters. The van der Waals surface area contributed by atoms with Crippen molar-refractivity contribution in [2.45, 2.75) is 34.1 Å². The summed E-state index contributed by atoms with van der Waals surface area (Å²) in [4.78, 5) is 4.33. The number of hydrogen-bond acceptors (Lipinski definition) is 2. The summed E-state index contributed by atoms with van der Waals surface area (Å²) >= 11 is 0. The van der Waals surface area contributed by atoms with E-state index >= 15 is 0 Å². The molecule has 0 aromatic rings. The Hall–Kier alpha value is -0.530. The Balaban J connectivity index is 3.89. The number of rotatable bonds is 2. The molecule has 2 nitrogen and oxygen atoms in total. The van der Waals surface area contributed by atoms with Crippen LogP contribution >= 0.6 is 0 Å². The molecule has 0 aliphatic carbocycles. The normalized spacial score (nSPS) is 13.4. The van der Waals surface area contributed by atoms with Gasteiger partial charge in [-0.25, -0.2) is 0 Å². The van der Waals surface area contributed by atoms with E-state index in [4.69, 9.17) is 4.74 Å². The van der Waals surface area contributed by atoms with Gasteiger partial charge in [-0.3, -0.25) is 4.99 Å². The molecule has 0 rings (SSSR count). The summed E-state index contributed by atoms with van der Waals surface area (Å²) in [5.74, 6) is 0.847. The van der Waals surface area contributed by atoms with Crippen molar-refractivity contribution >= 4 is 5.90 Å². The zero-order valence-corrected chi connectivity index (χ0v) is 8.27. The second-order valence-corrected chi connectivity index (χ2v) is 3.83. The zero-order valence-electron chi connectivity index (χ0n) is 8.27. The highest BCUT2D eigenvalue weighted by molar-refractivity contribution is 5.75. The molecular formula is C9H19NO. The molecule has 0 saturated carbocycles. The van der Waals surface area contributed by atoms with E-state index in [1.54, 1.807) is 7.11 Å². The Morgan fingerprint density at radius 2 is 1.91 bits per heavy atom. The predicted molar refractivity (Wildman–Crippen MR) is 49.1 cm³/mol. The molecule has 0 aliphatic rings. The maximum absolute atomic E-state index is 5.04. The summed E-state index contributed by atoms with van der Waals surface area (Å²) in [5, 5.41) is 0. The van der Waals surface area contributed by atoms with Gasteiger partial charge in [0.05, 0.1) is 7.11 Å². The van der Waals surface area contributed by atoms with E-state index in [0.717, 1.165) is 18.9 Å². The summed E-state index contributed by atoms with van der Waals surface area (Å²) in [6.07, 6.45) is 0.882. The lowest BCUT2D eigenvalue weighted by molar-refractivity contribution is 0.375. The van der Waals surface area contributed by atoms with Crippen molar-refractivity contribution in [1.82, 2.24) is 0 Å². The minimum absolute atomic E-state index is 0.263. The van der Waals surface area contributed by atoms with Crippen LogP contribution in [0.5, 0.6) is 0 Å². The molecule has 0 spiro atoms. The minimum Gasteiger partial charge on any atom is -0.484 e. The topological polar surface area (TPSA) is 21.6 Å². The van der Waals surface area contributed by atoms with Crippen LogP contribution in [0, 0.1) is 5.41 Å². The van der Waals surface area contributed by atoms with Gasteiger partial charge in [-0.1, -0.05) is 27.7 Å². The van der Waals surface area contributed by atoms with Crippen LogP contribution < -0.4 is 0 Å². The summed E-state index contributed by atoms with van der Waals surface area (Å²) in [6.45, 7) is 9.38. The molecule has 0 amide bonds. The highest BCUT2D eigenvalue weighted by Gasteiger charge is 2.08. The van der Waals surface area contributed by atoms with Gasteiger partial charge < -0.3 is 4.74 Å². The Bertz CT molecular complexity index is 127. The highest BCUT2D eigenvalue weighted by Crippen LogP contribution is 2.13. The van der Waals surface area contributed by atoms with Crippen LogP contribution in [0.3, 0.4) is 0 Å². The molecular weight excluding hydrogens is 138 g/mol. The summed E-state index contributed by atoms with van der Waals surface area (Å²) < 4.78 is 5.04. The van der Waals surface area contributed by atoms with Crippen molar-refractivity contribution in [1.29, 1.82) is 0 Å². The first-order valence-electron chi connectivity index (χ1n) is 4.07. The molecule has 0 fully saturated rings. The molecule has 0 heterocycles. The van der Waals surface area contributed by atoms with Crippen molar-refractivity contribution in [2.75, 3.05) is 13.7 Å². The molecule has 0 aliphatic heterocycles. The molecule has 0 aromatic carbocycles. The Morgan fingerprint density at radius 1 is 1.36 bits per heavy atom. The van der Waals surface area contributed by atoms with E-state index in [1.165, 1.54) is 0 Å². The Morgan fingerprint density at radius 3 is 2.18 bits per heavy atom. The predicted octanol–water partition coefficient (Wildman–Crippen LogP) is 2.49. The first-order chi connectivity index (χ1) is 4.99. The van der Waals surface area contributed by atoms with E-state index in [2.05, 4.69) is 25.8 Å². The summed E-state index contributed by atoms with van der Waals surface area (Å²) in [6, 6.07) is 0. The number of nitrogens with zero attached hydrogens (tertiary/aromatic N) is 1. The van der Waals surface area contributed by atoms with E-state index in [9.17, 15) is 0 Å². The van der Waals surface area contributed by atoms with Crippen LogP contribution in [0.4, 0.5) is 0 Å². The van der Waals surface area contributed by atoms with Crippen LogP contribution in [0.25, 0.3) is 0 Å². The first kappa shape index (κ1) is 10.5. The molecule has 0 saturated heterocycles. The molecule has 0 radical (unpaired) electrons. The van der Waals surface area contributed by atoms with Crippen molar-refractivity contribution in [3.8, 4) is 0 Å². The van der Waals surface area contributed by atoms with Crippen molar-refractivity contribution < 1.29 is 4.74 Å². The van der Waals surface area contributed by atoms with Crippen LogP contribution in [0.2, 0.25) is 0 Å². The van der Waals surface area contributed by atoms with Crippen LogP contribution in [-0.2, 0) is 4.74 Å². The Kier molecular flexibility index (Phi) is 4.16. The quantitative estimate of drug-likeness (QED) is 0.446. The van der Waals surface area contributed by atoms with Crippen LogP contribution in [0.15, 0.2) is 4.99 Å². The van der Waals surface area contributed by atoms with Gasteiger partial charge in [-0.2, -0.15) is 0 Å². The van der Waals surface area contributed by atoms with Gasteiger partial charge in [0, 0.05) is 13.0 Å². The van der Waals surface area contributed by atoms with Crippen LogP contribution in [0.1, 0.15) is 34.1 Å². The SMILES string of the molecule is CCC(=NCC(C)(C)C)OC.